The Morgan fingerprint density at radius 3 is 2.42 bits per heavy atom. The SMILES string of the molecule is Cc1cc(NC(=O)[C@H](C)NC(=O)c2cc([N+](=O)[O-])c(F)c(F)c2F)no1. The lowest BCUT2D eigenvalue weighted by Gasteiger charge is -2.13. The van der Waals surface area contributed by atoms with E-state index in [0.29, 0.717) is 5.76 Å². The van der Waals surface area contributed by atoms with Crippen LogP contribution in [0.4, 0.5) is 24.7 Å². The fraction of sp³-hybridized carbons (Fsp3) is 0.214. The zero-order chi connectivity index (χ0) is 19.6. The lowest BCUT2D eigenvalue weighted by atomic mass is 10.1. The zero-order valence-corrected chi connectivity index (χ0v) is 13.3. The summed E-state index contributed by atoms with van der Waals surface area (Å²) in [7, 11) is 0. The van der Waals surface area contributed by atoms with Crippen molar-refractivity contribution < 1.29 is 32.2 Å². The molecule has 26 heavy (non-hydrogen) atoms. The minimum absolute atomic E-state index is 0.0586. The first-order chi connectivity index (χ1) is 12.1. The Kier molecular flexibility index (Phi) is 5.24. The van der Waals surface area contributed by atoms with Gasteiger partial charge in [-0.25, -0.2) is 8.78 Å². The number of halogens is 3. The predicted molar refractivity (Wildman–Crippen MR) is 79.8 cm³/mol. The third kappa shape index (κ3) is 3.79. The molecule has 2 N–H and O–H groups in total. The average molecular weight is 372 g/mol. The molecule has 1 aromatic heterocycles. The molecule has 0 radical (unpaired) electrons. The molecule has 2 amide bonds. The molecule has 0 bridgehead atoms. The Morgan fingerprint density at radius 1 is 1.23 bits per heavy atom. The standard InChI is InChI=1S/C14H11F3N4O5/c1-5-3-9(20-26-5)19-13(22)6(2)18-14(23)7-4-8(21(24)25)11(16)12(17)10(7)15/h3-4,6H,1-2H3,(H,18,23)(H,19,20,22)/t6-/m0/s1. The van der Waals surface area contributed by atoms with Gasteiger partial charge in [0, 0.05) is 12.1 Å². The number of nitrogens with one attached hydrogen (secondary N) is 2. The molecular weight excluding hydrogens is 361 g/mol. The Bertz CT molecular complexity index is 899. The highest BCUT2D eigenvalue weighted by atomic mass is 19.2. The van der Waals surface area contributed by atoms with Crippen molar-refractivity contribution in [3.8, 4) is 0 Å². The van der Waals surface area contributed by atoms with Crippen molar-refractivity contribution in [2.24, 2.45) is 0 Å². The summed E-state index contributed by atoms with van der Waals surface area (Å²) in [6, 6.07) is 0.380. The summed E-state index contributed by atoms with van der Waals surface area (Å²) in [6.07, 6.45) is 0. The summed E-state index contributed by atoms with van der Waals surface area (Å²) in [5, 5.41) is 18.5. The molecule has 0 saturated heterocycles. The smallest absolute Gasteiger partial charge is 0.308 e. The average Bonchev–Trinajstić information content (AvgIpc) is 2.97. The highest BCUT2D eigenvalue weighted by molar-refractivity contribution is 6.01. The van der Waals surface area contributed by atoms with Gasteiger partial charge in [-0.2, -0.15) is 4.39 Å². The molecule has 0 fully saturated rings. The number of amides is 2. The Labute approximate surface area is 143 Å². The van der Waals surface area contributed by atoms with Gasteiger partial charge in [-0.1, -0.05) is 5.16 Å². The van der Waals surface area contributed by atoms with E-state index in [1.165, 1.54) is 13.0 Å². The van der Waals surface area contributed by atoms with E-state index < -0.39 is 51.5 Å². The number of anilines is 1. The van der Waals surface area contributed by atoms with Gasteiger partial charge in [0.05, 0.1) is 10.5 Å². The maximum absolute atomic E-state index is 13.7. The van der Waals surface area contributed by atoms with Crippen molar-refractivity contribution in [2.45, 2.75) is 19.9 Å². The van der Waals surface area contributed by atoms with Crippen molar-refractivity contribution in [1.82, 2.24) is 10.5 Å². The molecule has 1 atom stereocenters. The van der Waals surface area contributed by atoms with Crippen LogP contribution in [0.3, 0.4) is 0 Å². The van der Waals surface area contributed by atoms with Gasteiger partial charge >= 0.3 is 5.69 Å². The molecular formula is C14H11F3N4O5. The topological polar surface area (TPSA) is 127 Å². The highest BCUT2D eigenvalue weighted by Gasteiger charge is 2.29. The second-order valence-corrected chi connectivity index (χ2v) is 5.15. The molecule has 0 aliphatic heterocycles. The summed E-state index contributed by atoms with van der Waals surface area (Å²) < 4.78 is 45.2. The predicted octanol–water partition coefficient (Wildman–Crippen LogP) is 2.07. The molecule has 0 unspecified atom stereocenters. The molecule has 0 saturated carbocycles. The first-order valence-electron chi connectivity index (χ1n) is 6.98. The van der Waals surface area contributed by atoms with Crippen LogP contribution in [0.5, 0.6) is 0 Å². The quantitative estimate of drug-likeness (QED) is 0.470. The summed E-state index contributed by atoms with van der Waals surface area (Å²) in [4.78, 5) is 33.3. The largest absolute Gasteiger partial charge is 0.360 e. The Balaban J connectivity index is 2.18. The van der Waals surface area contributed by atoms with Gasteiger partial charge < -0.3 is 15.2 Å². The maximum Gasteiger partial charge on any atom is 0.308 e. The minimum Gasteiger partial charge on any atom is -0.360 e. The number of hydrogen-bond acceptors (Lipinski definition) is 6. The second-order valence-electron chi connectivity index (χ2n) is 5.15. The third-order valence-electron chi connectivity index (χ3n) is 3.19. The maximum atomic E-state index is 13.7. The van der Waals surface area contributed by atoms with Crippen LogP contribution in [0.25, 0.3) is 0 Å². The number of hydrogen-bond donors (Lipinski definition) is 2. The molecule has 2 aromatic rings. The van der Waals surface area contributed by atoms with Crippen molar-refractivity contribution in [1.29, 1.82) is 0 Å². The number of carbonyl (C=O) groups excluding carboxylic acids is 2. The van der Waals surface area contributed by atoms with Crippen LogP contribution in [0, 0.1) is 34.5 Å². The number of nitro benzene ring substituents is 1. The molecule has 0 aliphatic carbocycles. The van der Waals surface area contributed by atoms with Crippen LogP contribution >= 0.6 is 0 Å². The number of benzene rings is 1. The van der Waals surface area contributed by atoms with Crippen LogP contribution in [-0.2, 0) is 4.79 Å². The number of nitrogens with zero attached hydrogens (tertiary/aromatic N) is 2. The first kappa shape index (κ1) is 18.9. The van der Waals surface area contributed by atoms with Gasteiger partial charge in [0.1, 0.15) is 11.8 Å². The van der Waals surface area contributed by atoms with Crippen molar-refractivity contribution in [2.75, 3.05) is 5.32 Å². The monoisotopic (exact) mass is 372 g/mol. The van der Waals surface area contributed by atoms with Crippen molar-refractivity contribution >= 4 is 23.3 Å². The van der Waals surface area contributed by atoms with Crippen LogP contribution in [0.15, 0.2) is 16.7 Å². The van der Waals surface area contributed by atoms with Crippen LogP contribution < -0.4 is 10.6 Å². The van der Waals surface area contributed by atoms with Gasteiger partial charge in [-0.3, -0.25) is 19.7 Å². The molecule has 0 spiro atoms. The first-order valence-corrected chi connectivity index (χ1v) is 6.98. The fourth-order valence-electron chi connectivity index (χ4n) is 1.89. The van der Waals surface area contributed by atoms with E-state index in [0.717, 1.165) is 0 Å². The summed E-state index contributed by atoms with van der Waals surface area (Å²) >= 11 is 0. The van der Waals surface area contributed by atoms with E-state index in [9.17, 15) is 32.9 Å². The van der Waals surface area contributed by atoms with Gasteiger partial charge in [0.2, 0.25) is 17.5 Å². The Morgan fingerprint density at radius 2 is 1.88 bits per heavy atom. The zero-order valence-electron chi connectivity index (χ0n) is 13.3. The van der Waals surface area contributed by atoms with Crippen molar-refractivity contribution in [3.63, 3.8) is 0 Å². The molecule has 1 heterocycles. The van der Waals surface area contributed by atoms with E-state index in [1.54, 1.807) is 6.92 Å². The number of aryl methyl sites for hydroxylation is 1. The van der Waals surface area contributed by atoms with Crippen LogP contribution in [0.1, 0.15) is 23.0 Å². The highest BCUT2D eigenvalue weighted by Crippen LogP contribution is 2.25. The van der Waals surface area contributed by atoms with Gasteiger partial charge in [-0.15, -0.1) is 0 Å². The van der Waals surface area contributed by atoms with E-state index in [-0.39, 0.29) is 11.9 Å². The molecule has 1 aromatic carbocycles. The summed E-state index contributed by atoms with van der Waals surface area (Å²) in [5.41, 5.74) is -2.53. The molecule has 138 valence electrons. The van der Waals surface area contributed by atoms with Crippen LogP contribution in [-0.4, -0.2) is 27.9 Å². The van der Waals surface area contributed by atoms with Gasteiger partial charge in [0.25, 0.3) is 5.91 Å². The number of nitro groups is 1. The van der Waals surface area contributed by atoms with Crippen LogP contribution in [0.2, 0.25) is 0 Å². The molecule has 2 rings (SSSR count). The van der Waals surface area contributed by atoms with Crippen molar-refractivity contribution in [3.05, 3.63) is 51.0 Å². The lowest BCUT2D eigenvalue weighted by molar-refractivity contribution is -0.387. The van der Waals surface area contributed by atoms with E-state index >= 15 is 0 Å². The Hall–Kier alpha value is -3.44. The summed E-state index contributed by atoms with van der Waals surface area (Å²) in [5.74, 6) is -7.76. The van der Waals surface area contributed by atoms with Gasteiger partial charge in [0.15, 0.2) is 11.6 Å². The van der Waals surface area contributed by atoms with E-state index in [4.69, 9.17) is 4.52 Å². The van der Waals surface area contributed by atoms with E-state index in [1.807, 2.05) is 5.32 Å². The summed E-state index contributed by atoms with van der Waals surface area (Å²) in [6.45, 7) is 2.79. The minimum atomic E-state index is -2.17. The lowest BCUT2D eigenvalue weighted by Crippen LogP contribution is -2.42. The van der Waals surface area contributed by atoms with E-state index in [2.05, 4.69) is 10.5 Å². The molecule has 9 nitrogen and oxygen atoms in total. The van der Waals surface area contributed by atoms with Gasteiger partial charge in [-0.05, 0) is 13.8 Å². The fourth-order valence-corrected chi connectivity index (χ4v) is 1.89. The normalized spacial score (nSPS) is 11.7. The second kappa shape index (κ2) is 7.21. The number of aromatic nitrogens is 1. The third-order valence-corrected chi connectivity index (χ3v) is 3.19. The number of carbonyl (C=O) groups is 2. The number of rotatable bonds is 5. The molecule has 12 heteroatoms. The molecule has 0 aliphatic rings.